The van der Waals surface area contributed by atoms with Crippen LogP contribution in [0.15, 0.2) is 48.5 Å². The van der Waals surface area contributed by atoms with E-state index < -0.39 is 0 Å². The van der Waals surface area contributed by atoms with Crippen molar-refractivity contribution in [3.05, 3.63) is 65.2 Å². The first-order chi connectivity index (χ1) is 13.1. The molecule has 142 valence electrons. The number of piperazine rings is 1. The van der Waals surface area contributed by atoms with Crippen molar-refractivity contribution in [1.29, 1.82) is 0 Å². The highest BCUT2D eigenvalue weighted by Gasteiger charge is 2.37. The zero-order valence-electron chi connectivity index (χ0n) is 16.1. The minimum absolute atomic E-state index is 0.0377. The van der Waals surface area contributed by atoms with Crippen molar-refractivity contribution >= 4 is 11.6 Å². The first kappa shape index (κ1) is 18.0. The molecule has 2 unspecified atom stereocenters. The summed E-state index contributed by atoms with van der Waals surface area (Å²) in [5.74, 6) is 0.196. The van der Waals surface area contributed by atoms with E-state index in [9.17, 15) is 4.79 Å². The molecule has 2 N–H and O–H groups in total. The van der Waals surface area contributed by atoms with Crippen molar-refractivity contribution in [2.24, 2.45) is 5.92 Å². The molecule has 0 saturated carbocycles. The predicted octanol–water partition coefficient (Wildman–Crippen LogP) is 2.42. The lowest BCUT2D eigenvalue weighted by molar-refractivity contribution is -0.135. The molecular weight excluding hydrogens is 336 g/mol. The van der Waals surface area contributed by atoms with E-state index in [1.54, 1.807) is 0 Å². The number of rotatable bonds is 3. The largest absolute Gasteiger partial charge is 0.368 e. The van der Waals surface area contributed by atoms with E-state index in [-0.39, 0.29) is 17.9 Å². The van der Waals surface area contributed by atoms with Crippen molar-refractivity contribution in [3.63, 3.8) is 0 Å². The Hall–Kier alpha value is -2.37. The molecule has 4 rings (SSSR count). The summed E-state index contributed by atoms with van der Waals surface area (Å²) in [4.78, 5) is 17.6. The van der Waals surface area contributed by atoms with Gasteiger partial charge in [-0.1, -0.05) is 42.5 Å². The minimum Gasteiger partial charge on any atom is -0.368 e. The van der Waals surface area contributed by atoms with Gasteiger partial charge in [0.1, 0.15) is 0 Å². The van der Waals surface area contributed by atoms with Gasteiger partial charge in [-0.15, -0.1) is 0 Å². The third kappa shape index (κ3) is 3.57. The molecule has 0 bridgehead atoms. The highest BCUT2D eigenvalue weighted by atomic mass is 16.2. The molecule has 2 aliphatic rings. The summed E-state index contributed by atoms with van der Waals surface area (Å²) in [5.41, 5.74) is 11.6. The zero-order chi connectivity index (χ0) is 18.8. The standard InChI is InChI=1S/C22H28N4O/c1-16-7-6-10-20(17(16)2)25-11-13-26(14-12-25)22(27)19-15-23-24-21(19)18-8-4-3-5-9-18/h3-10,19,21,23-24H,11-15H2,1-2H3. The van der Waals surface area contributed by atoms with Crippen LogP contribution in [0, 0.1) is 19.8 Å². The third-order valence-electron chi connectivity index (χ3n) is 5.97. The van der Waals surface area contributed by atoms with E-state index in [2.05, 4.69) is 59.9 Å². The molecule has 2 fully saturated rings. The van der Waals surface area contributed by atoms with Crippen LogP contribution >= 0.6 is 0 Å². The smallest absolute Gasteiger partial charge is 0.229 e. The van der Waals surface area contributed by atoms with Gasteiger partial charge in [0.2, 0.25) is 5.91 Å². The summed E-state index contributed by atoms with van der Waals surface area (Å²) < 4.78 is 0. The van der Waals surface area contributed by atoms with Crippen LogP contribution in [0.4, 0.5) is 5.69 Å². The van der Waals surface area contributed by atoms with Crippen LogP contribution < -0.4 is 15.8 Å². The highest BCUT2D eigenvalue weighted by molar-refractivity contribution is 5.81. The second kappa shape index (κ2) is 7.71. The maximum absolute atomic E-state index is 13.2. The van der Waals surface area contributed by atoms with Crippen LogP contribution in [0.5, 0.6) is 0 Å². The Bertz CT molecular complexity index is 799. The lowest BCUT2D eigenvalue weighted by Gasteiger charge is -2.38. The molecule has 0 aromatic heterocycles. The second-order valence-electron chi connectivity index (χ2n) is 7.55. The van der Waals surface area contributed by atoms with Crippen molar-refractivity contribution in [1.82, 2.24) is 15.8 Å². The van der Waals surface area contributed by atoms with Crippen molar-refractivity contribution < 1.29 is 4.79 Å². The molecule has 2 aromatic rings. The van der Waals surface area contributed by atoms with E-state index in [4.69, 9.17) is 0 Å². The molecule has 2 aliphatic heterocycles. The van der Waals surface area contributed by atoms with E-state index in [0.717, 1.165) is 31.7 Å². The number of nitrogens with zero attached hydrogens (tertiary/aromatic N) is 2. The second-order valence-corrected chi connectivity index (χ2v) is 7.55. The fraction of sp³-hybridized carbons (Fsp3) is 0.409. The maximum Gasteiger partial charge on any atom is 0.229 e. The number of nitrogens with one attached hydrogen (secondary N) is 2. The molecular formula is C22H28N4O. The summed E-state index contributed by atoms with van der Waals surface area (Å²) in [6.07, 6.45) is 0. The van der Waals surface area contributed by atoms with E-state index >= 15 is 0 Å². The number of aryl methyl sites for hydroxylation is 1. The van der Waals surface area contributed by atoms with Gasteiger partial charge in [-0.3, -0.25) is 10.2 Å². The van der Waals surface area contributed by atoms with Gasteiger partial charge in [0.05, 0.1) is 12.0 Å². The first-order valence-electron chi connectivity index (χ1n) is 9.78. The number of hydrogen-bond donors (Lipinski definition) is 2. The van der Waals surface area contributed by atoms with Crippen molar-refractivity contribution in [3.8, 4) is 0 Å². The molecule has 2 heterocycles. The Morgan fingerprint density at radius 1 is 0.963 bits per heavy atom. The third-order valence-corrected chi connectivity index (χ3v) is 5.97. The highest BCUT2D eigenvalue weighted by Crippen LogP contribution is 2.28. The number of amides is 1. The van der Waals surface area contributed by atoms with Crippen molar-refractivity contribution in [2.75, 3.05) is 37.6 Å². The Labute approximate surface area is 161 Å². The molecule has 5 heteroatoms. The Morgan fingerprint density at radius 3 is 2.44 bits per heavy atom. The quantitative estimate of drug-likeness (QED) is 0.878. The molecule has 27 heavy (non-hydrogen) atoms. The minimum atomic E-state index is -0.0559. The number of carbonyl (C=O) groups is 1. The molecule has 0 spiro atoms. The molecule has 2 aromatic carbocycles. The van der Waals surface area contributed by atoms with Crippen LogP contribution in [-0.2, 0) is 4.79 Å². The maximum atomic E-state index is 13.2. The number of hydrazine groups is 1. The lowest BCUT2D eigenvalue weighted by atomic mass is 9.93. The Morgan fingerprint density at radius 2 is 1.70 bits per heavy atom. The topological polar surface area (TPSA) is 47.6 Å². The van der Waals surface area contributed by atoms with Gasteiger partial charge in [-0.05, 0) is 36.6 Å². The summed E-state index contributed by atoms with van der Waals surface area (Å²) in [6.45, 7) is 8.36. The molecule has 0 radical (unpaired) electrons. The summed E-state index contributed by atoms with van der Waals surface area (Å²) in [5, 5.41) is 0. The van der Waals surface area contributed by atoms with Crippen LogP contribution in [0.1, 0.15) is 22.7 Å². The van der Waals surface area contributed by atoms with Gasteiger partial charge in [-0.2, -0.15) is 0 Å². The Balaban J connectivity index is 1.42. The molecule has 5 nitrogen and oxygen atoms in total. The monoisotopic (exact) mass is 364 g/mol. The van der Waals surface area contributed by atoms with E-state index in [1.807, 2.05) is 23.1 Å². The summed E-state index contributed by atoms with van der Waals surface area (Å²) >= 11 is 0. The van der Waals surface area contributed by atoms with Gasteiger partial charge in [0.25, 0.3) is 0 Å². The fourth-order valence-electron chi connectivity index (χ4n) is 4.18. The van der Waals surface area contributed by atoms with Gasteiger partial charge in [0.15, 0.2) is 0 Å². The molecule has 0 aliphatic carbocycles. The first-order valence-corrected chi connectivity index (χ1v) is 9.78. The molecule has 2 atom stereocenters. The zero-order valence-corrected chi connectivity index (χ0v) is 16.1. The number of hydrogen-bond acceptors (Lipinski definition) is 4. The predicted molar refractivity (Wildman–Crippen MR) is 109 cm³/mol. The lowest BCUT2D eigenvalue weighted by Crippen LogP contribution is -2.51. The van der Waals surface area contributed by atoms with Crippen molar-refractivity contribution in [2.45, 2.75) is 19.9 Å². The normalized spacial score (nSPS) is 22.9. The number of anilines is 1. The fourth-order valence-corrected chi connectivity index (χ4v) is 4.18. The van der Waals surface area contributed by atoms with Gasteiger partial charge < -0.3 is 9.80 Å². The van der Waals surface area contributed by atoms with E-state index in [0.29, 0.717) is 6.54 Å². The summed E-state index contributed by atoms with van der Waals surface area (Å²) in [7, 11) is 0. The van der Waals surface area contributed by atoms with E-state index in [1.165, 1.54) is 16.8 Å². The number of benzene rings is 2. The van der Waals surface area contributed by atoms with Crippen LogP contribution in [0.25, 0.3) is 0 Å². The molecule has 1 amide bonds. The van der Waals surface area contributed by atoms with Gasteiger partial charge in [-0.25, -0.2) is 5.43 Å². The van der Waals surface area contributed by atoms with Crippen LogP contribution in [0.3, 0.4) is 0 Å². The number of carbonyl (C=O) groups excluding carboxylic acids is 1. The average Bonchev–Trinajstić information content (AvgIpc) is 3.20. The van der Waals surface area contributed by atoms with Gasteiger partial charge >= 0.3 is 0 Å². The summed E-state index contributed by atoms with van der Waals surface area (Å²) in [6, 6.07) is 16.7. The Kier molecular flexibility index (Phi) is 5.14. The van der Waals surface area contributed by atoms with Crippen LogP contribution in [-0.4, -0.2) is 43.5 Å². The SMILES string of the molecule is Cc1cccc(N2CCN(C(=O)C3CNNC3c3ccccc3)CC2)c1C. The van der Waals surface area contributed by atoms with Crippen LogP contribution in [0.2, 0.25) is 0 Å². The molecule has 2 saturated heterocycles. The average molecular weight is 364 g/mol. The van der Waals surface area contributed by atoms with Gasteiger partial charge in [0, 0.05) is 38.4 Å².